The predicted octanol–water partition coefficient (Wildman–Crippen LogP) is 2.91. The highest BCUT2D eigenvalue weighted by molar-refractivity contribution is 8.00. The summed E-state index contributed by atoms with van der Waals surface area (Å²) in [6, 6.07) is 9.95. The molecule has 2 amide bonds. The largest absolute Gasteiger partial charge is 0.310 e. The van der Waals surface area contributed by atoms with Crippen LogP contribution in [0, 0.1) is 5.92 Å². The van der Waals surface area contributed by atoms with Gasteiger partial charge in [-0.1, -0.05) is 37.5 Å². The number of fused-ring (bicyclic) bond motifs is 1. The Bertz CT molecular complexity index is 673. The van der Waals surface area contributed by atoms with E-state index in [-0.39, 0.29) is 23.4 Å². The number of thioether (sulfide) groups is 1. The first kappa shape index (κ1) is 16.6. The number of carbonyl (C=O) groups is 2. The van der Waals surface area contributed by atoms with Crippen molar-refractivity contribution in [3.05, 3.63) is 30.3 Å². The van der Waals surface area contributed by atoms with Crippen LogP contribution in [0.25, 0.3) is 0 Å². The number of amides is 2. The molecule has 2 fully saturated rings. The molecule has 1 saturated heterocycles. The standard InChI is InChI=1S/C19H23N3O2S/c23-17-16(13-20-19-21(17)11-12-25-19)18(24)22(14-7-3-1-4-8-14)15-9-5-2-6-10-15/h1,3-4,7-8,13,15-16,19H,2,5-6,9-12H2. The molecule has 4 rings (SSSR count). The minimum absolute atomic E-state index is 0.0910. The maximum atomic E-state index is 13.4. The van der Waals surface area contributed by atoms with Crippen molar-refractivity contribution in [2.24, 2.45) is 10.9 Å². The van der Waals surface area contributed by atoms with E-state index in [0.29, 0.717) is 6.54 Å². The van der Waals surface area contributed by atoms with Crippen molar-refractivity contribution in [2.45, 2.75) is 43.6 Å². The molecule has 0 aromatic heterocycles. The van der Waals surface area contributed by atoms with Crippen molar-refractivity contribution >= 4 is 35.5 Å². The normalized spacial score (nSPS) is 26.6. The smallest absolute Gasteiger partial charge is 0.245 e. The maximum Gasteiger partial charge on any atom is 0.245 e. The number of aliphatic imine (C=N–C) groups is 1. The summed E-state index contributed by atoms with van der Waals surface area (Å²) < 4.78 is 0. The van der Waals surface area contributed by atoms with Crippen molar-refractivity contribution in [2.75, 3.05) is 17.2 Å². The van der Waals surface area contributed by atoms with Crippen LogP contribution in [-0.2, 0) is 9.59 Å². The second-order valence-electron chi connectivity index (χ2n) is 6.84. The maximum absolute atomic E-state index is 13.4. The summed E-state index contributed by atoms with van der Waals surface area (Å²) in [5.41, 5.74) is 0.759. The van der Waals surface area contributed by atoms with Crippen LogP contribution in [0.2, 0.25) is 0 Å². The van der Waals surface area contributed by atoms with E-state index in [1.807, 2.05) is 35.2 Å². The fourth-order valence-electron chi connectivity index (χ4n) is 3.97. The lowest BCUT2D eigenvalue weighted by molar-refractivity contribution is -0.139. The molecule has 2 heterocycles. The third-order valence-corrected chi connectivity index (χ3v) is 6.35. The lowest BCUT2D eigenvalue weighted by Crippen LogP contribution is -2.52. The van der Waals surface area contributed by atoms with Crippen LogP contribution in [0.15, 0.2) is 35.3 Å². The van der Waals surface area contributed by atoms with Gasteiger partial charge >= 0.3 is 0 Å². The van der Waals surface area contributed by atoms with Gasteiger partial charge < -0.3 is 9.80 Å². The molecule has 1 aliphatic carbocycles. The highest BCUT2D eigenvalue weighted by atomic mass is 32.2. The van der Waals surface area contributed by atoms with Gasteiger partial charge in [0.15, 0.2) is 11.4 Å². The topological polar surface area (TPSA) is 53.0 Å². The van der Waals surface area contributed by atoms with Gasteiger partial charge in [0.2, 0.25) is 11.8 Å². The summed E-state index contributed by atoms with van der Waals surface area (Å²) in [4.78, 5) is 34.3. The van der Waals surface area contributed by atoms with Gasteiger partial charge in [0.25, 0.3) is 0 Å². The van der Waals surface area contributed by atoms with E-state index < -0.39 is 5.92 Å². The summed E-state index contributed by atoms with van der Waals surface area (Å²) in [7, 11) is 0. The van der Waals surface area contributed by atoms with Crippen molar-refractivity contribution in [1.29, 1.82) is 0 Å². The van der Waals surface area contributed by atoms with E-state index in [0.717, 1.165) is 37.1 Å². The Morgan fingerprint density at radius 2 is 1.92 bits per heavy atom. The molecule has 2 aliphatic heterocycles. The van der Waals surface area contributed by atoms with Gasteiger partial charge in [-0.05, 0) is 25.0 Å². The van der Waals surface area contributed by atoms with Gasteiger partial charge in [-0.3, -0.25) is 14.6 Å². The van der Waals surface area contributed by atoms with E-state index in [9.17, 15) is 9.59 Å². The molecule has 6 heteroatoms. The first-order valence-electron chi connectivity index (χ1n) is 9.09. The number of anilines is 1. The molecule has 1 aromatic carbocycles. The number of hydrogen-bond acceptors (Lipinski definition) is 4. The summed E-state index contributed by atoms with van der Waals surface area (Å²) in [6.45, 7) is 0.685. The Balaban J connectivity index is 1.63. The number of benzene rings is 1. The minimum Gasteiger partial charge on any atom is -0.310 e. The molecule has 3 aliphatic rings. The fourth-order valence-corrected chi connectivity index (χ4v) is 5.03. The zero-order chi connectivity index (χ0) is 17.2. The number of nitrogens with zero attached hydrogens (tertiary/aromatic N) is 3. The number of carbonyl (C=O) groups excluding carboxylic acids is 2. The number of rotatable bonds is 3. The van der Waals surface area contributed by atoms with Crippen LogP contribution >= 0.6 is 11.8 Å². The highest BCUT2D eigenvalue weighted by Gasteiger charge is 2.42. The first-order chi connectivity index (χ1) is 12.3. The molecule has 0 bridgehead atoms. The van der Waals surface area contributed by atoms with Crippen molar-refractivity contribution in [1.82, 2.24) is 4.90 Å². The average molecular weight is 357 g/mol. The summed E-state index contributed by atoms with van der Waals surface area (Å²) in [5, 5.41) is 0. The second-order valence-corrected chi connectivity index (χ2v) is 8.00. The molecule has 5 nitrogen and oxygen atoms in total. The van der Waals surface area contributed by atoms with Gasteiger partial charge in [0.05, 0.1) is 0 Å². The fraction of sp³-hybridized carbons (Fsp3) is 0.526. The van der Waals surface area contributed by atoms with Gasteiger partial charge in [-0.2, -0.15) is 0 Å². The minimum atomic E-state index is -0.780. The van der Waals surface area contributed by atoms with Crippen molar-refractivity contribution < 1.29 is 9.59 Å². The highest BCUT2D eigenvalue weighted by Crippen LogP contribution is 2.32. The monoisotopic (exact) mass is 357 g/mol. The zero-order valence-electron chi connectivity index (χ0n) is 14.2. The van der Waals surface area contributed by atoms with E-state index in [1.165, 1.54) is 6.42 Å². The van der Waals surface area contributed by atoms with Crippen LogP contribution in [0.1, 0.15) is 32.1 Å². The Morgan fingerprint density at radius 3 is 2.68 bits per heavy atom. The van der Waals surface area contributed by atoms with Gasteiger partial charge in [0.1, 0.15) is 0 Å². The van der Waals surface area contributed by atoms with Crippen LogP contribution < -0.4 is 4.90 Å². The van der Waals surface area contributed by atoms with Crippen LogP contribution in [0.5, 0.6) is 0 Å². The van der Waals surface area contributed by atoms with E-state index >= 15 is 0 Å². The van der Waals surface area contributed by atoms with Crippen LogP contribution in [0.3, 0.4) is 0 Å². The lowest BCUT2D eigenvalue weighted by Gasteiger charge is -2.37. The van der Waals surface area contributed by atoms with E-state index in [1.54, 1.807) is 22.9 Å². The molecule has 132 valence electrons. The zero-order valence-corrected chi connectivity index (χ0v) is 15.0. The van der Waals surface area contributed by atoms with Crippen molar-refractivity contribution in [3.8, 4) is 0 Å². The molecule has 1 aromatic rings. The Morgan fingerprint density at radius 1 is 1.16 bits per heavy atom. The number of para-hydroxylation sites is 1. The SMILES string of the molecule is O=C1C(C(=O)N(c2ccccc2)C2CCCCC2)C=NC2SCCN12. The Hall–Kier alpha value is -1.82. The van der Waals surface area contributed by atoms with Gasteiger partial charge in [-0.25, -0.2) is 0 Å². The van der Waals surface area contributed by atoms with E-state index in [2.05, 4.69) is 4.99 Å². The molecule has 0 spiro atoms. The molecule has 0 radical (unpaired) electrons. The molecular weight excluding hydrogens is 334 g/mol. The van der Waals surface area contributed by atoms with E-state index in [4.69, 9.17) is 0 Å². The number of hydrogen-bond donors (Lipinski definition) is 0. The van der Waals surface area contributed by atoms with Crippen molar-refractivity contribution in [3.63, 3.8) is 0 Å². The van der Waals surface area contributed by atoms with Gasteiger partial charge in [-0.15, -0.1) is 11.8 Å². The lowest BCUT2D eigenvalue weighted by atomic mass is 9.92. The first-order valence-corrected chi connectivity index (χ1v) is 10.1. The third-order valence-electron chi connectivity index (χ3n) is 5.26. The van der Waals surface area contributed by atoms with Crippen LogP contribution in [-0.4, -0.2) is 46.8 Å². The van der Waals surface area contributed by atoms with Crippen LogP contribution in [0.4, 0.5) is 5.69 Å². The summed E-state index contributed by atoms with van der Waals surface area (Å²) in [6.07, 6.45) is 7.09. The molecule has 1 saturated carbocycles. The summed E-state index contributed by atoms with van der Waals surface area (Å²) >= 11 is 1.66. The Labute approximate surface area is 152 Å². The molecular formula is C19H23N3O2S. The molecule has 2 unspecified atom stereocenters. The predicted molar refractivity (Wildman–Crippen MR) is 101 cm³/mol. The molecule has 0 N–H and O–H groups in total. The Kier molecular flexibility index (Phi) is 4.79. The third kappa shape index (κ3) is 3.19. The second kappa shape index (κ2) is 7.20. The quantitative estimate of drug-likeness (QED) is 0.782. The summed E-state index contributed by atoms with van der Waals surface area (Å²) in [5.74, 6) is -0.106. The molecule has 2 atom stereocenters. The molecule has 25 heavy (non-hydrogen) atoms. The average Bonchev–Trinajstić information content (AvgIpc) is 3.14. The van der Waals surface area contributed by atoms with Gasteiger partial charge in [0, 0.05) is 30.2 Å².